The topological polar surface area (TPSA) is 161 Å². The zero-order chi connectivity index (χ0) is 32.5. The second-order valence-corrected chi connectivity index (χ2v) is 15.2. The van der Waals surface area contributed by atoms with Gasteiger partial charge in [0.1, 0.15) is 6.54 Å². The van der Waals surface area contributed by atoms with Crippen molar-refractivity contribution < 1.29 is 35.9 Å². The number of sulfonamides is 1. The van der Waals surface area contributed by atoms with E-state index in [1.54, 1.807) is 12.1 Å². The number of carbonyl (C=O) groups is 1. The molecule has 0 aliphatic carbocycles. The molecule has 236 valence electrons. The van der Waals surface area contributed by atoms with E-state index in [1.165, 1.54) is 6.07 Å². The number of carboxylic acid groups (broad SMARTS) is 1. The van der Waals surface area contributed by atoms with Crippen LogP contribution in [0.2, 0.25) is 0 Å². The van der Waals surface area contributed by atoms with Gasteiger partial charge in [-0.15, -0.1) is 0 Å². The Kier molecular flexibility index (Phi) is 9.41. The molecule has 0 radical (unpaired) electrons. The van der Waals surface area contributed by atoms with E-state index in [2.05, 4.69) is 24.5 Å². The Balaban J connectivity index is 1.64. The number of hydrogen-bond donors (Lipinski definition) is 2. The zero-order valence-corrected chi connectivity index (χ0v) is 27.0. The highest BCUT2D eigenvalue weighted by molar-refractivity contribution is 7.89. The molecule has 0 atom stereocenters. The molecule has 2 heterocycles. The van der Waals surface area contributed by atoms with Crippen LogP contribution in [-0.4, -0.2) is 61.6 Å². The number of aliphatic carboxylic acids is 1. The molecule has 0 amide bonds. The summed E-state index contributed by atoms with van der Waals surface area (Å²) in [6, 6.07) is 12.7. The summed E-state index contributed by atoms with van der Waals surface area (Å²) >= 11 is 0. The summed E-state index contributed by atoms with van der Waals surface area (Å²) in [4.78, 5) is 13.3. The molecule has 0 fully saturated rings. The lowest BCUT2D eigenvalue weighted by atomic mass is 9.81. The van der Waals surface area contributed by atoms with E-state index in [9.17, 15) is 31.3 Å². The molecule has 44 heavy (non-hydrogen) atoms. The van der Waals surface area contributed by atoms with Crippen molar-refractivity contribution in [3.63, 3.8) is 0 Å². The molecule has 10 nitrogen and oxygen atoms in total. The number of nitrogens with two attached hydrogens (primary N) is 1. The minimum absolute atomic E-state index is 0.00126. The predicted molar refractivity (Wildman–Crippen MR) is 170 cm³/mol. The van der Waals surface area contributed by atoms with Crippen molar-refractivity contribution in [2.45, 2.75) is 62.7 Å². The quantitative estimate of drug-likeness (QED) is 0.150. The fraction of sp³-hybridized carbons (Fsp3) is 0.375. The van der Waals surface area contributed by atoms with Gasteiger partial charge < -0.3 is 14.6 Å². The minimum Gasteiger partial charge on any atom is -0.748 e. The zero-order valence-electron chi connectivity index (χ0n) is 25.4. The highest BCUT2D eigenvalue weighted by Gasteiger charge is 2.44. The maximum atomic E-state index is 12.0. The monoisotopic (exact) mass is 641 g/mol. The number of carboxylic acids is 1. The summed E-state index contributed by atoms with van der Waals surface area (Å²) in [5.74, 6) is -1.33. The number of hydrogen-bond acceptors (Lipinski definition) is 7. The molecule has 0 saturated heterocycles. The maximum absolute atomic E-state index is 12.0. The highest BCUT2D eigenvalue weighted by Crippen LogP contribution is 2.48. The predicted octanol–water partition coefficient (Wildman–Crippen LogP) is 4.30. The van der Waals surface area contributed by atoms with Gasteiger partial charge >= 0.3 is 5.97 Å². The molecule has 0 unspecified atom stereocenters. The number of para-hydroxylation sites is 1. The number of allylic oxidation sites excluding steroid dienone is 6. The van der Waals surface area contributed by atoms with E-state index >= 15 is 0 Å². The number of benzene rings is 2. The van der Waals surface area contributed by atoms with E-state index in [0.29, 0.717) is 13.0 Å². The van der Waals surface area contributed by atoms with Crippen molar-refractivity contribution in [3.8, 4) is 0 Å². The number of primary sulfonamides is 1. The molecular weight excluding hydrogens is 602 g/mol. The first-order valence-electron chi connectivity index (χ1n) is 14.3. The number of rotatable bonds is 12. The van der Waals surface area contributed by atoms with Gasteiger partial charge in [-0.3, -0.25) is 4.79 Å². The van der Waals surface area contributed by atoms with Crippen LogP contribution < -0.4 is 10.0 Å². The smallest absolute Gasteiger partial charge is 0.305 e. The van der Waals surface area contributed by atoms with Gasteiger partial charge in [-0.2, -0.15) is 4.58 Å². The molecule has 2 aromatic carbocycles. The highest BCUT2D eigenvalue weighted by atomic mass is 32.2. The van der Waals surface area contributed by atoms with Crippen molar-refractivity contribution in [1.82, 2.24) is 0 Å². The number of anilines is 1. The van der Waals surface area contributed by atoms with Crippen LogP contribution in [0.4, 0.5) is 11.4 Å². The van der Waals surface area contributed by atoms with Crippen LogP contribution in [0.3, 0.4) is 0 Å². The second kappa shape index (κ2) is 12.4. The Labute approximate surface area is 259 Å². The summed E-state index contributed by atoms with van der Waals surface area (Å²) in [6.07, 6.45) is 10.3. The lowest BCUT2D eigenvalue weighted by Crippen LogP contribution is -2.28. The molecule has 2 aromatic rings. The van der Waals surface area contributed by atoms with Gasteiger partial charge in [0, 0.05) is 53.2 Å². The van der Waals surface area contributed by atoms with Crippen molar-refractivity contribution in [2.24, 2.45) is 5.14 Å². The van der Waals surface area contributed by atoms with Crippen molar-refractivity contribution >= 4 is 43.2 Å². The van der Waals surface area contributed by atoms with Crippen LogP contribution in [0.15, 0.2) is 83.4 Å². The molecule has 0 saturated carbocycles. The third-order valence-electron chi connectivity index (χ3n) is 8.30. The van der Waals surface area contributed by atoms with Gasteiger partial charge in [-0.05, 0) is 50.1 Å². The summed E-state index contributed by atoms with van der Waals surface area (Å²) in [5.41, 5.74) is 4.60. The Hall–Kier alpha value is -3.58. The van der Waals surface area contributed by atoms with Crippen LogP contribution in [0.1, 0.15) is 58.1 Å². The molecule has 2 aliphatic heterocycles. The van der Waals surface area contributed by atoms with Crippen molar-refractivity contribution in [1.29, 1.82) is 0 Å². The first-order valence-corrected chi connectivity index (χ1v) is 17.5. The number of unbranched alkanes of at least 4 members (excludes halogenated alkanes) is 1. The van der Waals surface area contributed by atoms with Crippen LogP contribution in [-0.2, 0) is 35.8 Å². The van der Waals surface area contributed by atoms with Crippen LogP contribution in [0, 0.1) is 0 Å². The molecule has 12 heteroatoms. The van der Waals surface area contributed by atoms with Gasteiger partial charge in [0.2, 0.25) is 15.7 Å². The lowest BCUT2D eigenvalue weighted by Gasteiger charge is -2.26. The SMILES string of the molecule is CC1(C)C(/C=C/C=C/C=C2/N(CCC(=O)O)c3ccc(S(N)(=O)=O)cc3C2(C)C)=[N+](CCCCS(=O)(=O)[O-])c2ccccc21. The van der Waals surface area contributed by atoms with Crippen LogP contribution in [0.5, 0.6) is 0 Å². The molecule has 0 spiro atoms. The summed E-state index contributed by atoms with van der Waals surface area (Å²) in [5, 5.41) is 14.7. The molecule has 3 N–H and O–H groups in total. The average Bonchev–Trinajstić information content (AvgIpc) is 3.27. The third kappa shape index (κ3) is 7.04. The molecule has 0 aromatic heterocycles. The largest absolute Gasteiger partial charge is 0.748 e. The first kappa shape index (κ1) is 33.3. The Morgan fingerprint density at radius 3 is 2.34 bits per heavy atom. The molecule has 2 aliphatic rings. The van der Waals surface area contributed by atoms with Gasteiger partial charge in [0.25, 0.3) is 0 Å². The van der Waals surface area contributed by atoms with Crippen molar-refractivity contribution in [3.05, 3.63) is 89.7 Å². The fourth-order valence-electron chi connectivity index (χ4n) is 6.07. The normalized spacial score (nSPS) is 18.5. The van der Waals surface area contributed by atoms with E-state index in [0.717, 1.165) is 33.9 Å². The molecule has 0 bridgehead atoms. The van der Waals surface area contributed by atoms with Gasteiger partial charge in [-0.25, -0.2) is 22.0 Å². The van der Waals surface area contributed by atoms with E-state index in [-0.39, 0.29) is 35.4 Å². The van der Waals surface area contributed by atoms with E-state index < -0.39 is 31.5 Å². The minimum atomic E-state index is -4.26. The number of fused-ring (bicyclic) bond motifs is 2. The van der Waals surface area contributed by atoms with Crippen molar-refractivity contribution in [2.75, 3.05) is 23.7 Å². The van der Waals surface area contributed by atoms with E-state index in [4.69, 9.17) is 5.14 Å². The standard InChI is InChI=1S/C32H39N3O7S2/c1-31(2)24-12-8-9-13-26(24)34(19-10-11-21-43(38,39)40)28(31)14-6-5-7-15-29-32(3,4)25-22-23(44(33,41)42)16-17-27(25)35(29)20-18-30(36)37/h5-9,12-17,22H,10-11,18-21H2,1-4H3,(H3-,33,36,37,38,39,40,41,42). The summed E-state index contributed by atoms with van der Waals surface area (Å²) in [7, 11) is -8.18. The Morgan fingerprint density at radius 2 is 1.68 bits per heavy atom. The van der Waals surface area contributed by atoms with Crippen LogP contribution >= 0.6 is 0 Å². The molecular formula is C32H39N3O7S2. The Morgan fingerprint density at radius 1 is 0.977 bits per heavy atom. The average molecular weight is 642 g/mol. The Bertz CT molecular complexity index is 1800. The summed E-state index contributed by atoms with van der Waals surface area (Å²) < 4.78 is 59.5. The van der Waals surface area contributed by atoms with Gasteiger partial charge in [-0.1, -0.05) is 50.3 Å². The third-order valence-corrected chi connectivity index (χ3v) is 10.00. The summed E-state index contributed by atoms with van der Waals surface area (Å²) in [6.45, 7) is 8.96. The second-order valence-electron chi connectivity index (χ2n) is 12.1. The van der Waals surface area contributed by atoms with Gasteiger partial charge in [0.15, 0.2) is 5.71 Å². The van der Waals surface area contributed by atoms with Crippen LogP contribution in [0.25, 0.3) is 0 Å². The lowest BCUT2D eigenvalue weighted by molar-refractivity contribution is -0.438. The number of nitrogens with zero attached hydrogens (tertiary/aromatic N) is 2. The first-order chi connectivity index (χ1) is 20.4. The molecule has 4 rings (SSSR count). The van der Waals surface area contributed by atoms with E-state index in [1.807, 2.05) is 67.3 Å². The fourth-order valence-corrected chi connectivity index (χ4v) is 7.17. The van der Waals surface area contributed by atoms with Gasteiger partial charge in [0.05, 0.1) is 26.8 Å². The maximum Gasteiger partial charge on any atom is 0.305 e.